The minimum atomic E-state index is -0.0769. The summed E-state index contributed by atoms with van der Waals surface area (Å²) in [6.45, 7) is 7.73. The molecule has 2 fully saturated rings. The molecule has 0 N–H and O–H groups in total. The molecule has 0 spiro atoms. The number of fused-ring (bicyclic) bond motifs is 3. The second-order valence-corrected chi connectivity index (χ2v) is 8.78. The van der Waals surface area contributed by atoms with E-state index < -0.39 is 0 Å². The van der Waals surface area contributed by atoms with Crippen molar-refractivity contribution >= 4 is 11.6 Å². The van der Waals surface area contributed by atoms with Gasteiger partial charge in [0.25, 0.3) is 0 Å². The summed E-state index contributed by atoms with van der Waals surface area (Å²) >= 11 is 0. The minimum absolute atomic E-state index is 0.0769. The number of hydrogen-bond acceptors (Lipinski definition) is 1. The van der Waals surface area contributed by atoms with Gasteiger partial charge in [0.15, 0.2) is 0 Å². The summed E-state index contributed by atoms with van der Waals surface area (Å²) in [7, 11) is 0. The van der Waals surface area contributed by atoms with Crippen LogP contribution in [-0.4, -0.2) is 12.5 Å². The Kier molecular flexibility index (Phi) is 3.55. The van der Waals surface area contributed by atoms with Crippen molar-refractivity contribution in [3.05, 3.63) is 29.3 Å². The van der Waals surface area contributed by atoms with Gasteiger partial charge in [-0.15, -0.1) is 0 Å². The molecule has 1 aromatic carbocycles. The Morgan fingerprint density at radius 1 is 1.13 bits per heavy atom. The highest BCUT2D eigenvalue weighted by Crippen LogP contribution is 2.54. The quantitative estimate of drug-likeness (QED) is 0.734. The van der Waals surface area contributed by atoms with Gasteiger partial charge in [0.1, 0.15) is 0 Å². The van der Waals surface area contributed by atoms with Gasteiger partial charge in [-0.1, -0.05) is 31.5 Å². The van der Waals surface area contributed by atoms with E-state index >= 15 is 0 Å². The van der Waals surface area contributed by atoms with Crippen LogP contribution in [0.25, 0.3) is 0 Å². The third-order valence-corrected chi connectivity index (χ3v) is 6.46. The van der Waals surface area contributed by atoms with Gasteiger partial charge in [0.2, 0.25) is 5.91 Å². The Morgan fingerprint density at radius 2 is 1.83 bits per heavy atom. The Bertz CT molecular complexity index is 615. The molecule has 1 heterocycles. The number of carbonyl (C=O) groups is 1. The maximum atomic E-state index is 13.6. The molecular formula is C21H29NO. The van der Waals surface area contributed by atoms with Crippen LogP contribution in [0.5, 0.6) is 0 Å². The normalized spacial score (nSPS) is 36.0. The van der Waals surface area contributed by atoms with Crippen LogP contribution in [0.1, 0.15) is 57.1 Å². The number of amides is 1. The van der Waals surface area contributed by atoms with E-state index in [9.17, 15) is 4.79 Å². The number of anilines is 1. The van der Waals surface area contributed by atoms with Crippen LogP contribution in [0.3, 0.4) is 0 Å². The van der Waals surface area contributed by atoms with Gasteiger partial charge in [-0.05, 0) is 74.8 Å². The van der Waals surface area contributed by atoms with Crippen molar-refractivity contribution in [3.8, 4) is 0 Å². The van der Waals surface area contributed by atoms with Gasteiger partial charge in [-0.3, -0.25) is 4.79 Å². The van der Waals surface area contributed by atoms with Crippen molar-refractivity contribution in [2.75, 3.05) is 11.4 Å². The lowest BCUT2D eigenvalue weighted by Gasteiger charge is -2.50. The summed E-state index contributed by atoms with van der Waals surface area (Å²) in [5.74, 6) is 2.60. The highest BCUT2D eigenvalue weighted by atomic mass is 16.2. The molecule has 2 unspecified atom stereocenters. The highest BCUT2D eigenvalue weighted by molar-refractivity contribution is 5.99. The molecule has 2 saturated carbocycles. The number of benzene rings is 1. The van der Waals surface area contributed by atoms with Crippen LogP contribution in [0.15, 0.2) is 18.2 Å². The first kappa shape index (κ1) is 15.2. The van der Waals surface area contributed by atoms with Gasteiger partial charge in [0.05, 0.1) is 5.41 Å². The number of hydrogen-bond donors (Lipinski definition) is 0. The van der Waals surface area contributed by atoms with E-state index in [0.717, 1.165) is 38.1 Å². The topological polar surface area (TPSA) is 20.3 Å². The molecule has 4 atom stereocenters. The monoisotopic (exact) mass is 311 g/mol. The summed E-state index contributed by atoms with van der Waals surface area (Å²) in [4.78, 5) is 15.7. The molecule has 1 aromatic rings. The molecular weight excluding hydrogens is 282 g/mol. The Balaban J connectivity index is 1.66. The number of carbonyl (C=O) groups excluding carboxylic acids is 1. The average Bonchev–Trinajstić information content (AvgIpc) is 2.87. The summed E-state index contributed by atoms with van der Waals surface area (Å²) in [5, 5.41) is 0. The molecule has 0 radical (unpaired) electrons. The van der Waals surface area contributed by atoms with Crippen LogP contribution in [0.4, 0.5) is 5.69 Å². The summed E-state index contributed by atoms with van der Waals surface area (Å²) in [6.07, 6.45) is 7.02. The molecule has 0 aromatic heterocycles. The van der Waals surface area contributed by atoms with Crippen molar-refractivity contribution < 1.29 is 4.79 Å². The fourth-order valence-electron chi connectivity index (χ4n) is 5.99. The summed E-state index contributed by atoms with van der Waals surface area (Å²) < 4.78 is 0. The summed E-state index contributed by atoms with van der Waals surface area (Å²) in [6, 6.07) is 6.58. The molecule has 1 amide bonds. The number of rotatable bonds is 1. The van der Waals surface area contributed by atoms with Gasteiger partial charge >= 0.3 is 0 Å². The Hall–Kier alpha value is -1.31. The molecule has 2 nitrogen and oxygen atoms in total. The van der Waals surface area contributed by atoms with Crippen LogP contribution < -0.4 is 4.90 Å². The van der Waals surface area contributed by atoms with Crippen LogP contribution in [0.2, 0.25) is 0 Å². The van der Waals surface area contributed by atoms with Crippen molar-refractivity contribution in [2.45, 2.75) is 59.3 Å². The fourth-order valence-corrected chi connectivity index (χ4v) is 5.99. The first-order valence-corrected chi connectivity index (χ1v) is 9.38. The minimum Gasteiger partial charge on any atom is -0.311 e. The van der Waals surface area contributed by atoms with Gasteiger partial charge in [0, 0.05) is 12.2 Å². The third kappa shape index (κ3) is 2.51. The van der Waals surface area contributed by atoms with Gasteiger partial charge < -0.3 is 4.90 Å². The van der Waals surface area contributed by atoms with Gasteiger partial charge in [-0.25, -0.2) is 0 Å². The molecule has 0 saturated heterocycles. The van der Waals surface area contributed by atoms with E-state index in [1.807, 2.05) is 0 Å². The summed E-state index contributed by atoms with van der Waals surface area (Å²) in [5.41, 5.74) is 3.77. The third-order valence-electron chi connectivity index (χ3n) is 6.46. The number of nitrogens with zero attached hydrogens (tertiary/aromatic N) is 1. The molecule has 4 rings (SSSR count). The zero-order valence-corrected chi connectivity index (χ0v) is 14.8. The van der Waals surface area contributed by atoms with E-state index in [2.05, 4.69) is 43.9 Å². The zero-order valence-electron chi connectivity index (χ0n) is 14.8. The second kappa shape index (κ2) is 5.36. The maximum Gasteiger partial charge on any atom is 0.233 e. The van der Waals surface area contributed by atoms with Crippen molar-refractivity contribution in [3.63, 3.8) is 0 Å². The molecule has 2 heteroatoms. The smallest absolute Gasteiger partial charge is 0.233 e. The van der Waals surface area contributed by atoms with Crippen LogP contribution in [0, 0.1) is 30.1 Å². The van der Waals surface area contributed by atoms with Crippen LogP contribution >= 0.6 is 0 Å². The predicted molar refractivity (Wildman–Crippen MR) is 94.6 cm³/mol. The Morgan fingerprint density at radius 3 is 2.52 bits per heavy atom. The molecule has 3 aliphatic rings. The van der Waals surface area contributed by atoms with Crippen molar-refractivity contribution in [1.82, 2.24) is 0 Å². The van der Waals surface area contributed by atoms with E-state index in [1.165, 1.54) is 29.7 Å². The first-order chi connectivity index (χ1) is 11.0. The first-order valence-electron chi connectivity index (χ1n) is 9.38. The predicted octanol–water partition coefficient (Wildman–Crippen LogP) is 4.74. The molecule has 2 aliphatic carbocycles. The Labute approximate surface area is 140 Å². The lowest BCUT2D eigenvalue weighted by Crippen LogP contribution is -2.50. The molecule has 124 valence electrons. The molecule has 1 aliphatic heterocycles. The molecule has 2 bridgehead atoms. The fraction of sp³-hybridized carbons (Fsp3) is 0.667. The average molecular weight is 311 g/mol. The van der Waals surface area contributed by atoms with E-state index in [1.54, 1.807) is 0 Å². The van der Waals surface area contributed by atoms with Crippen LogP contribution in [-0.2, 0) is 11.2 Å². The van der Waals surface area contributed by atoms with E-state index in [0.29, 0.717) is 17.7 Å². The van der Waals surface area contributed by atoms with Crippen molar-refractivity contribution in [1.29, 1.82) is 0 Å². The SMILES string of the molecule is Cc1ccc2c(c1)CCN2C(=O)C12CC(C[C@@H](C)C1)C[C@H](C)C2. The standard InChI is InChI=1S/C21H29NO/c1-14-4-5-19-18(10-14)6-7-22(19)20(23)21-11-15(2)8-17(13-21)9-16(3)12-21/h4-5,10,15-17H,6-9,11-13H2,1-3H3/t15-,16+,17?,21?. The van der Waals surface area contributed by atoms with Crippen molar-refractivity contribution in [2.24, 2.45) is 23.2 Å². The molecule has 23 heavy (non-hydrogen) atoms. The van der Waals surface area contributed by atoms with E-state index in [4.69, 9.17) is 0 Å². The van der Waals surface area contributed by atoms with E-state index in [-0.39, 0.29) is 5.41 Å². The highest BCUT2D eigenvalue weighted by Gasteiger charge is 2.51. The lowest BCUT2D eigenvalue weighted by atomic mass is 9.56. The zero-order chi connectivity index (χ0) is 16.2. The largest absolute Gasteiger partial charge is 0.311 e. The second-order valence-electron chi connectivity index (χ2n) is 8.78. The lowest BCUT2D eigenvalue weighted by molar-refractivity contribution is -0.136. The maximum absolute atomic E-state index is 13.6. The number of aryl methyl sites for hydroxylation is 1. The van der Waals surface area contributed by atoms with Gasteiger partial charge in [-0.2, -0.15) is 0 Å².